The zero-order valence-electron chi connectivity index (χ0n) is 16.8. The Labute approximate surface area is 193 Å². The lowest BCUT2D eigenvalue weighted by molar-refractivity contribution is -0.129. The zero-order valence-corrected chi connectivity index (χ0v) is 18.3. The molecule has 3 aromatic carbocycles. The second-order valence-corrected chi connectivity index (χ2v) is 7.63. The molecule has 0 atom stereocenters. The molecule has 0 saturated heterocycles. The first kappa shape index (κ1) is 21.9. The van der Waals surface area contributed by atoms with Gasteiger partial charge in [-0.25, -0.2) is 14.2 Å². The molecule has 1 heterocycles. The highest BCUT2D eigenvalue weighted by atomic mass is 35.5. The summed E-state index contributed by atoms with van der Waals surface area (Å²) >= 11 is 12.2. The molecule has 3 aromatic rings. The second kappa shape index (κ2) is 9.42. The number of cyclic esters (lactones) is 1. The van der Waals surface area contributed by atoms with Gasteiger partial charge in [-0.2, -0.15) is 0 Å². The molecule has 0 N–H and O–H groups in total. The Hall–Kier alpha value is -3.35. The van der Waals surface area contributed by atoms with Gasteiger partial charge in [0.25, 0.3) is 0 Å². The van der Waals surface area contributed by atoms with Gasteiger partial charge in [0.1, 0.15) is 12.4 Å². The number of rotatable bonds is 6. The maximum absolute atomic E-state index is 13.3. The van der Waals surface area contributed by atoms with E-state index >= 15 is 0 Å². The van der Waals surface area contributed by atoms with E-state index in [1.54, 1.807) is 54.6 Å². The van der Waals surface area contributed by atoms with Crippen molar-refractivity contribution in [2.24, 2.45) is 4.99 Å². The van der Waals surface area contributed by atoms with E-state index in [0.717, 1.165) is 0 Å². The number of methoxy groups -OCH3 is 1. The van der Waals surface area contributed by atoms with Gasteiger partial charge in [-0.15, -0.1) is 0 Å². The minimum Gasteiger partial charge on any atom is -0.493 e. The third kappa shape index (κ3) is 4.93. The molecule has 162 valence electrons. The number of nitrogens with zero attached hydrogens (tertiary/aromatic N) is 1. The first-order valence-electron chi connectivity index (χ1n) is 9.46. The smallest absolute Gasteiger partial charge is 0.363 e. The molecule has 32 heavy (non-hydrogen) atoms. The molecule has 1 aliphatic heterocycles. The van der Waals surface area contributed by atoms with Crippen molar-refractivity contribution in [3.63, 3.8) is 0 Å². The average Bonchev–Trinajstić information content (AvgIpc) is 3.14. The Morgan fingerprint density at radius 2 is 1.91 bits per heavy atom. The Kier molecular flexibility index (Phi) is 6.44. The fourth-order valence-corrected chi connectivity index (χ4v) is 3.40. The normalized spacial score (nSPS) is 14.3. The van der Waals surface area contributed by atoms with Gasteiger partial charge >= 0.3 is 5.97 Å². The monoisotopic (exact) mass is 471 g/mol. The van der Waals surface area contributed by atoms with Gasteiger partial charge in [0, 0.05) is 5.02 Å². The lowest BCUT2D eigenvalue weighted by Gasteiger charge is -2.11. The van der Waals surface area contributed by atoms with Gasteiger partial charge in [-0.1, -0.05) is 41.4 Å². The number of carbonyl (C=O) groups excluding carboxylic acids is 1. The van der Waals surface area contributed by atoms with Crippen molar-refractivity contribution in [1.29, 1.82) is 0 Å². The maximum Gasteiger partial charge on any atom is 0.363 e. The van der Waals surface area contributed by atoms with Crippen molar-refractivity contribution in [2.75, 3.05) is 7.11 Å². The number of esters is 1. The summed E-state index contributed by atoms with van der Waals surface area (Å²) in [5.41, 5.74) is 1.86. The number of hydrogen-bond acceptors (Lipinski definition) is 5. The molecule has 0 aliphatic carbocycles. The van der Waals surface area contributed by atoms with Crippen LogP contribution in [-0.2, 0) is 16.1 Å². The molecule has 0 aromatic heterocycles. The number of halogens is 3. The van der Waals surface area contributed by atoms with Gasteiger partial charge in [-0.3, -0.25) is 0 Å². The van der Waals surface area contributed by atoms with Crippen molar-refractivity contribution in [2.45, 2.75) is 6.61 Å². The highest BCUT2D eigenvalue weighted by Gasteiger charge is 2.26. The third-order valence-electron chi connectivity index (χ3n) is 4.55. The van der Waals surface area contributed by atoms with Crippen molar-refractivity contribution in [1.82, 2.24) is 0 Å². The maximum atomic E-state index is 13.3. The molecule has 0 radical (unpaired) electrons. The van der Waals surface area contributed by atoms with Gasteiger partial charge in [-0.05, 0) is 59.7 Å². The molecule has 1 aliphatic rings. The Morgan fingerprint density at radius 3 is 2.69 bits per heavy atom. The minimum absolute atomic E-state index is 0.0794. The first-order chi connectivity index (χ1) is 15.4. The summed E-state index contributed by atoms with van der Waals surface area (Å²) in [5, 5.41) is 0.808. The average molecular weight is 472 g/mol. The van der Waals surface area contributed by atoms with Crippen molar-refractivity contribution >= 4 is 41.1 Å². The van der Waals surface area contributed by atoms with Gasteiger partial charge in [0.05, 0.1) is 17.7 Å². The van der Waals surface area contributed by atoms with Crippen molar-refractivity contribution in [3.8, 4) is 11.5 Å². The lowest BCUT2D eigenvalue weighted by Crippen LogP contribution is -2.06. The van der Waals surface area contributed by atoms with Crippen LogP contribution < -0.4 is 9.47 Å². The van der Waals surface area contributed by atoms with E-state index in [2.05, 4.69) is 4.99 Å². The molecule has 0 amide bonds. The summed E-state index contributed by atoms with van der Waals surface area (Å²) in [6.07, 6.45) is 1.56. The number of benzene rings is 3. The quantitative estimate of drug-likeness (QED) is 0.323. The van der Waals surface area contributed by atoms with Crippen LogP contribution in [0.3, 0.4) is 0 Å². The topological polar surface area (TPSA) is 57.1 Å². The Bertz CT molecular complexity index is 1260. The fourth-order valence-electron chi connectivity index (χ4n) is 3.02. The highest BCUT2D eigenvalue weighted by molar-refractivity contribution is 6.36. The number of carbonyl (C=O) groups is 1. The minimum atomic E-state index is -0.610. The highest BCUT2D eigenvalue weighted by Crippen LogP contribution is 2.31. The van der Waals surface area contributed by atoms with E-state index in [9.17, 15) is 9.18 Å². The predicted molar refractivity (Wildman–Crippen MR) is 121 cm³/mol. The molecular weight excluding hydrogens is 456 g/mol. The van der Waals surface area contributed by atoms with Crippen LogP contribution >= 0.6 is 23.2 Å². The fraction of sp³-hybridized carbons (Fsp3) is 0.0833. The summed E-state index contributed by atoms with van der Waals surface area (Å²) in [5.74, 6) is 0.0617. The zero-order chi connectivity index (χ0) is 22.7. The van der Waals surface area contributed by atoms with Crippen LogP contribution in [0.5, 0.6) is 11.5 Å². The van der Waals surface area contributed by atoms with Crippen LogP contribution in [0.15, 0.2) is 71.4 Å². The van der Waals surface area contributed by atoms with E-state index in [1.807, 2.05) is 0 Å². The summed E-state index contributed by atoms with van der Waals surface area (Å²) < 4.78 is 29.8. The molecule has 0 spiro atoms. The first-order valence-corrected chi connectivity index (χ1v) is 10.2. The lowest BCUT2D eigenvalue weighted by atomic mass is 10.1. The van der Waals surface area contributed by atoms with Crippen LogP contribution in [0.1, 0.15) is 16.7 Å². The van der Waals surface area contributed by atoms with Crippen LogP contribution in [0.25, 0.3) is 6.08 Å². The molecule has 0 bridgehead atoms. The van der Waals surface area contributed by atoms with E-state index in [-0.39, 0.29) is 24.0 Å². The molecule has 8 heteroatoms. The third-order valence-corrected chi connectivity index (χ3v) is 5.12. The molecule has 0 saturated carbocycles. The standard InChI is InChI=1S/C24H16Cl2FNO4/c1-30-22-11-14(5-8-21(22)31-13-15-3-2-4-17(27)9-15)10-20-24(29)32-23(28-20)18-12-16(25)6-7-19(18)26/h2-12H,13H2,1H3. The van der Waals surface area contributed by atoms with E-state index in [0.29, 0.717) is 38.2 Å². The molecular formula is C24H16Cl2FNO4. The molecule has 0 fully saturated rings. The SMILES string of the molecule is COc1cc(C=C2N=C(c3cc(Cl)ccc3Cl)OC2=O)ccc1OCc1cccc(F)c1. The largest absolute Gasteiger partial charge is 0.493 e. The van der Waals surface area contributed by atoms with Gasteiger partial charge in [0.15, 0.2) is 17.2 Å². The number of ether oxygens (including phenoxy) is 3. The number of aliphatic imine (C=N–C) groups is 1. The van der Waals surface area contributed by atoms with Gasteiger partial charge < -0.3 is 14.2 Å². The second-order valence-electron chi connectivity index (χ2n) is 6.79. The molecule has 5 nitrogen and oxygen atoms in total. The summed E-state index contributed by atoms with van der Waals surface area (Å²) in [6.45, 7) is 0.176. The van der Waals surface area contributed by atoms with Crippen LogP contribution in [0.2, 0.25) is 10.0 Å². The Balaban J connectivity index is 1.56. The summed E-state index contributed by atoms with van der Waals surface area (Å²) in [6, 6.07) is 16.1. The van der Waals surface area contributed by atoms with E-state index < -0.39 is 5.97 Å². The van der Waals surface area contributed by atoms with Crippen LogP contribution in [-0.4, -0.2) is 19.0 Å². The predicted octanol–water partition coefficient (Wildman–Crippen LogP) is 6.06. The summed E-state index contributed by atoms with van der Waals surface area (Å²) in [7, 11) is 1.50. The van der Waals surface area contributed by atoms with Crippen LogP contribution in [0, 0.1) is 5.82 Å². The molecule has 0 unspecified atom stereocenters. The van der Waals surface area contributed by atoms with Crippen molar-refractivity contribution in [3.05, 3.63) is 98.9 Å². The van der Waals surface area contributed by atoms with E-state index in [1.165, 1.54) is 19.2 Å². The molecule has 4 rings (SSSR count). The Morgan fingerprint density at radius 1 is 1.06 bits per heavy atom. The number of hydrogen-bond donors (Lipinski definition) is 0. The summed E-state index contributed by atoms with van der Waals surface area (Å²) in [4.78, 5) is 16.6. The van der Waals surface area contributed by atoms with E-state index in [4.69, 9.17) is 37.4 Å². The van der Waals surface area contributed by atoms with Crippen LogP contribution in [0.4, 0.5) is 4.39 Å². The van der Waals surface area contributed by atoms with Gasteiger partial charge in [0.2, 0.25) is 5.90 Å². The van der Waals surface area contributed by atoms with Crippen molar-refractivity contribution < 1.29 is 23.4 Å².